The Bertz CT molecular complexity index is 526. The van der Waals surface area contributed by atoms with E-state index in [1.165, 1.54) is 0 Å². The third-order valence-electron chi connectivity index (χ3n) is 2.75. The zero-order chi connectivity index (χ0) is 14.5. The highest BCUT2D eigenvalue weighted by Crippen LogP contribution is 2.26. The Hall–Kier alpha value is -0.720. The van der Waals surface area contributed by atoms with E-state index in [1.807, 2.05) is 11.9 Å². The van der Waals surface area contributed by atoms with Crippen molar-refractivity contribution in [2.24, 2.45) is 4.99 Å². The standard InChI is InChI=1S/C13H15BrClN3OS/c1-18(13-17-8-11(14)20-13)6-5-16-12(19)9-3-2-4-10(15)7-9/h2-4,7,11H,5-6,8H2,1H3,(H,16,19). The van der Waals surface area contributed by atoms with Crippen LogP contribution in [0.3, 0.4) is 0 Å². The second-order valence-corrected chi connectivity index (χ2v) is 7.66. The number of rotatable bonds is 4. The molecule has 0 saturated carbocycles. The van der Waals surface area contributed by atoms with Crippen LogP contribution in [0.2, 0.25) is 5.02 Å². The molecule has 0 radical (unpaired) electrons. The fraction of sp³-hybridized carbons (Fsp3) is 0.385. The van der Waals surface area contributed by atoms with Gasteiger partial charge in [-0.3, -0.25) is 9.79 Å². The molecular formula is C13H15BrClN3OS. The minimum atomic E-state index is -0.111. The van der Waals surface area contributed by atoms with Crippen molar-refractivity contribution in [2.45, 2.75) is 4.16 Å². The van der Waals surface area contributed by atoms with Crippen LogP contribution in [0.4, 0.5) is 0 Å². The Morgan fingerprint density at radius 2 is 2.45 bits per heavy atom. The second-order valence-electron chi connectivity index (χ2n) is 4.34. The van der Waals surface area contributed by atoms with E-state index >= 15 is 0 Å². The van der Waals surface area contributed by atoms with E-state index in [0.717, 1.165) is 18.3 Å². The summed E-state index contributed by atoms with van der Waals surface area (Å²) in [5, 5.41) is 4.44. The molecule has 0 saturated heterocycles. The molecule has 1 N–H and O–H groups in total. The molecule has 1 aromatic rings. The van der Waals surface area contributed by atoms with Gasteiger partial charge in [0.1, 0.15) is 0 Å². The highest BCUT2D eigenvalue weighted by Gasteiger charge is 2.19. The number of halogens is 2. The van der Waals surface area contributed by atoms with Crippen molar-refractivity contribution in [3.8, 4) is 0 Å². The van der Waals surface area contributed by atoms with E-state index in [0.29, 0.717) is 21.3 Å². The molecule has 0 aromatic heterocycles. The number of amidine groups is 1. The maximum Gasteiger partial charge on any atom is 0.251 e. The van der Waals surface area contributed by atoms with Crippen molar-refractivity contribution in [3.63, 3.8) is 0 Å². The van der Waals surface area contributed by atoms with Crippen LogP contribution < -0.4 is 5.32 Å². The van der Waals surface area contributed by atoms with E-state index in [9.17, 15) is 4.79 Å². The third kappa shape index (κ3) is 4.40. The Labute approximate surface area is 136 Å². The Morgan fingerprint density at radius 1 is 1.65 bits per heavy atom. The number of carbonyl (C=O) groups is 1. The van der Waals surface area contributed by atoms with Crippen molar-refractivity contribution in [1.82, 2.24) is 10.2 Å². The van der Waals surface area contributed by atoms with Gasteiger partial charge in [-0.25, -0.2) is 0 Å². The smallest absolute Gasteiger partial charge is 0.251 e. The molecule has 2 rings (SSSR count). The van der Waals surface area contributed by atoms with Crippen molar-refractivity contribution in [3.05, 3.63) is 34.9 Å². The van der Waals surface area contributed by atoms with Crippen molar-refractivity contribution >= 4 is 50.4 Å². The Balaban J connectivity index is 1.77. The fourth-order valence-corrected chi connectivity index (χ4v) is 3.35. The molecule has 1 atom stereocenters. The van der Waals surface area contributed by atoms with E-state index in [4.69, 9.17) is 11.6 Å². The lowest BCUT2D eigenvalue weighted by Crippen LogP contribution is -2.34. The van der Waals surface area contributed by atoms with Crippen LogP contribution in [0.1, 0.15) is 10.4 Å². The van der Waals surface area contributed by atoms with Gasteiger partial charge in [0.05, 0.1) is 10.7 Å². The molecule has 20 heavy (non-hydrogen) atoms. The average Bonchev–Trinajstić information content (AvgIpc) is 2.85. The molecule has 1 heterocycles. The predicted molar refractivity (Wildman–Crippen MR) is 89.0 cm³/mol. The predicted octanol–water partition coefficient (Wildman–Crippen LogP) is 2.83. The maximum atomic E-state index is 11.9. The third-order valence-corrected chi connectivity index (χ3v) is 4.89. The zero-order valence-electron chi connectivity index (χ0n) is 11.0. The van der Waals surface area contributed by atoms with Gasteiger partial charge in [-0.15, -0.1) is 0 Å². The summed E-state index contributed by atoms with van der Waals surface area (Å²) in [4.78, 5) is 18.4. The number of carbonyl (C=O) groups excluding carboxylic acids is 1. The number of aliphatic imine (C=N–C) groups is 1. The average molecular weight is 377 g/mol. The van der Waals surface area contributed by atoms with Crippen LogP contribution in [-0.2, 0) is 0 Å². The molecule has 1 amide bonds. The number of alkyl halides is 1. The molecule has 1 unspecified atom stereocenters. The SMILES string of the molecule is CN(CCNC(=O)c1cccc(Cl)c1)C1=NCC(Br)S1. The molecule has 108 valence electrons. The van der Waals surface area contributed by atoms with E-state index in [2.05, 4.69) is 26.2 Å². The number of nitrogens with one attached hydrogen (secondary N) is 1. The largest absolute Gasteiger partial charge is 0.353 e. The number of benzene rings is 1. The molecule has 7 heteroatoms. The van der Waals surface area contributed by atoms with Crippen LogP contribution in [0.15, 0.2) is 29.3 Å². The molecule has 4 nitrogen and oxygen atoms in total. The number of thioether (sulfide) groups is 1. The van der Waals surface area contributed by atoms with Crippen LogP contribution >= 0.6 is 39.3 Å². The summed E-state index contributed by atoms with van der Waals surface area (Å²) in [6, 6.07) is 6.92. The zero-order valence-corrected chi connectivity index (χ0v) is 14.1. The molecule has 1 aromatic carbocycles. The van der Waals surface area contributed by atoms with E-state index < -0.39 is 0 Å². The summed E-state index contributed by atoms with van der Waals surface area (Å²) < 4.78 is 0.362. The minimum Gasteiger partial charge on any atom is -0.353 e. The summed E-state index contributed by atoms with van der Waals surface area (Å²) >= 11 is 11.1. The lowest BCUT2D eigenvalue weighted by Gasteiger charge is -2.18. The first-order valence-corrected chi connectivity index (χ1v) is 8.33. The lowest BCUT2D eigenvalue weighted by molar-refractivity contribution is 0.0952. The number of nitrogens with zero attached hydrogens (tertiary/aromatic N) is 2. The van der Waals surface area contributed by atoms with Crippen LogP contribution in [-0.4, -0.2) is 46.8 Å². The molecule has 1 aliphatic heterocycles. The quantitative estimate of drug-likeness (QED) is 0.822. The van der Waals surface area contributed by atoms with E-state index in [-0.39, 0.29) is 5.91 Å². The molecular weight excluding hydrogens is 362 g/mol. The normalized spacial score (nSPS) is 17.8. The van der Waals surface area contributed by atoms with Gasteiger partial charge in [-0.05, 0) is 18.2 Å². The molecule has 0 spiro atoms. The molecule has 0 aliphatic carbocycles. The van der Waals surface area contributed by atoms with E-state index in [1.54, 1.807) is 36.0 Å². The number of hydrogen-bond donors (Lipinski definition) is 1. The topological polar surface area (TPSA) is 44.7 Å². The van der Waals surface area contributed by atoms with Crippen LogP contribution in [0, 0.1) is 0 Å². The second kappa shape index (κ2) is 7.33. The molecule has 0 bridgehead atoms. The van der Waals surface area contributed by atoms with Gasteiger partial charge in [0.25, 0.3) is 5.91 Å². The summed E-state index contributed by atoms with van der Waals surface area (Å²) in [5.74, 6) is -0.111. The number of amides is 1. The summed E-state index contributed by atoms with van der Waals surface area (Å²) in [6.07, 6.45) is 0. The lowest BCUT2D eigenvalue weighted by atomic mass is 10.2. The van der Waals surface area contributed by atoms with Gasteiger partial charge in [0, 0.05) is 30.7 Å². The highest BCUT2D eigenvalue weighted by molar-refractivity contribution is 9.11. The molecule has 1 aliphatic rings. The summed E-state index contributed by atoms with van der Waals surface area (Å²) in [5.41, 5.74) is 0.577. The minimum absolute atomic E-state index is 0.111. The first-order valence-electron chi connectivity index (χ1n) is 6.16. The van der Waals surface area contributed by atoms with Crippen LogP contribution in [0.5, 0.6) is 0 Å². The fourth-order valence-electron chi connectivity index (χ4n) is 1.71. The van der Waals surface area contributed by atoms with Crippen molar-refractivity contribution in [1.29, 1.82) is 0 Å². The van der Waals surface area contributed by atoms with Gasteiger partial charge in [-0.2, -0.15) is 0 Å². The van der Waals surface area contributed by atoms with Gasteiger partial charge in [-0.1, -0.05) is 45.4 Å². The first-order chi connectivity index (χ1) is 9.56. The Morgan fingerprint density at radius 3 is 3.10 bits per heavy atom. The van der Waals surface area contributed by atoms with Crippen molar-refractivity contribution < 1.29 is 4.79 Å². The monoisotopic (exact) mass is 375 g/mol. The highest BCUT2D eigenvalue weighted by atomic mass is 79.9. The van der Waals surface area contributed by atoms with Gasteiger partial charge < -0.3 is 10.2 Å². The first kappa shape index (κ1) is 15.7. The number of likely N-dealkylation sites (N-methyl/N-ethyl adjacent to an activating group) is 1. The van der Waals surface area contributed by atoms with Crippen LogP contribution in [0.25, 0.3) is 0 Å². The number of hydrogen-bond acceptors (Lipinski definition) is 4. The van der Waals surface area contributed by atoms with Crippen molar-refractivity contribution in [2.75, 3.05) is 26.7 Å². The molecule has 0 fully saturated rings. The summed E-state index contributed by atoms with van der Waals surface area (Å²) in [7, 11) is 1.97. The maximum absolute atomic E-state index is 11.9. The Kier molecular flexibility index (Phi) is 5.74. The van der Waals surface area contributed by atoms with Gasteiger partial charge in [0.2, 0.25) is 0 Å². The summed E-state index contributed by atoms with van der Waals surface area (Å²) in [6.45, 7) is 2.07. The van der Waals surface area contributed by atoms with Gasteiger partial charge >= 0.3 is 0 Å². The van der Waals surface area contributed by atoms with Gasteiger partial charge in [0.15, 0.2) is 5.17 Å².